The van der Waals surface area contributed by atoms with Crippen LogP contribution in [-0.4, -0.2) is 10.9 Å². The Morgan fingerprint density at radius 3 is 2.13 bits per heavy atom. The van der Waals surface area contributed by atoms with Gasteiger partial charge in [-0.25, -0.2) is 0 Å². The monoisotopic (exact) mass is 542 g/mol. The van der Waals surface area contributed by atoms with Gasteiger partial charge in [-0.2, -0.15) is 0 Å². The molecule has 0 amide bonds. The van der Waals surface area contributed by atoms with Gasteiger partial charge in [-0.05, 0) is 109 Å². The van der Waals surface area contributed by atoms with Gasteiger partial charge in [-0.15, -0.1) is 0 Å². The van der Waals surface area contributed by atoms with Crippen molar-refractivity contribution in [2.45, 2.75) is 47.5 Å². The number of phenolic OH excluding ortho intramolecular Hbond substituents is 1. The van der Waals surface area contributed by atoms with E-state index in [9.17, 15) is 9.90 Å². The van der Waals surface area contributed by atoms with Crippen molar-refractivity contribution < 1.29 is 9.90 Å². The van der Waals surface area contributed by atoms with Crippen LogP contribution in [0.2, 0.25) is 0 Å². The van der Waals surface area contributed by atoms with E-state index in [1.165, 1.54) is 0 Å². The molecule has 1 aliphatic rings. The van der Waals surface area contributed by atoms with E-state index >= 15 is 0 Å². The number of carbonyl (C=O) groups is 1. The van der Waals surface area contributed by atoms with Crippen molar-refractivity contribution in [1.82, 2.24) is 0 Å². The van der Waals surface area contributed by atoms with Crippen molar-refractivity contribution in [2.24, 2.45) is 5.92 Å². The van der Waals surface area contributed by atoms with Gasteiger partial charge in [0, 0.05) is 5.57 Å². The van der Waals surface area contributed by atoms with Gasteiger partial charge < -0.3 is 5.11 Å². The molecule has 0 heterocycles. The molecule has 162 valence electrons. The third kappa shape index (κ3) is 4.38. The number of ketones is 1. The SMILES string of the molecule is CC1=C(Br)C(=O)C(C(C)C)=C/C1=C(/c1ccccc1)c1cc(C(C)C)c(O)c(Br)c1C. The lowest BCUT2D eigenvalue weighted by molar-refractivity contribution is -0.112. The van der Waals surface area contributed by atoms with E-state index in [0.29, 0.717) is 14.7 Å². The van der Waals surface area contributed by atoms with E-state index < -0.39 is 0 Å². The highest BCUT2D eigenvalue weighted by Gasteiger charge is 2.28. The molecule has 3 rings (SSSR count). The fraction of sp³-hybridized carbons (Fsp3) is 0.296. The van der Waals surface area contributed by atoms with Crippen molar-refractivity contribution in [2.75, 3.05) is 0 Å². The maximum Gasteiger partial charge on any atom is 0.196 e. The molecule has 2 aromatic carbocycles. The average molecular weight is 544 g/mol. The van der Waals surface area contributed by atoms with E-state index in [2.05, 4.69) is 63.9 Å². The number of phenols is 1. The number of allylic oxidation sites excluding steroid dienone is 5. The molecule has 2 aromatic rings. The molecule has 0 unspecified atom stereocenters. The van der Waals surface area contributed by atoms with Gasteiger partial charge in [0.2, 0.25) is 0 Å². The normalized spacial score (nSPS) is 16.3. The van der Waals surface area contributed by atoms with Crippen LogP contribution in [0.4, 0.5) is 0 Å². The molecule has 0 saturated heterocycles. The summed E-state index contributed by atoms with van der Waals surface area (Å²) in [5, 5.41) is 10.7. The zero-order valence-corrected chi connectivity index (χ0v) is 22.0. The zero-order valence-electron chi connectivity index (χ0n) is 18.8. The Labute approximate surface area is 202 Å². The molecule has 1 N–H and O–H groups in total. The van der Waals surface area contributed by atoms with E-state index in [4.69, 9.17) is 0 Å². The topological polar surface area (TPSA) is 37.3 Å². The summed E-state index contributed by atoms with van der Waals surface area (Å²) in [6.07, 6.45) is 2.05. The van der Waals surface area contributed by atoms with E-state index in [-0.39, 0.29) is 17.6 Å². The smallest absolute Gasteiger partial charge is 0.196 e. The summed E-state index contributed by atoms with van der Waals surface area (Å²) in [6, 6.07) is 12.3. The first-order valence-electron chi connectivity index (χ1n) is 10.5. The molecule has 0 saturated carbocycles. The molecule has 0 radical (unpaired) electrons. The van der Waals surface area contributed by atoms with Crippen LogP contribution in [0, 0.1) is 12.8 Å². The fourth-order valence-electron chi connectivity index (χ4n) is 3.95. The highest BCUT2D eigenvalue weighted by atomic mass is 79.9. The van der Waals surface area contributed by atoms with Crippen molar-refractivity contribution >= 4 is 43.2 Å². The van der Waals surface area contributed by atoms with Crippen LogP contribution in [0.1, 0.15) is 62.8 Å². The van der Waals surface area contributed by atoms with Gasteiger partial charge in [0.25, 0.3) is 0 Å². The molecular weight excluding hydrogens is 516 g/mol. The molecule has 0 spiro atoms. The van der Waals surface area contributed by atoms with Crippen LogP contribution < -0.4 is 0 Å². The molecule has 2 nitrogen and oxygen atoms in total. The Morgan fingerprint density at radius 1 is 0.968 bits per heavy atom. The molecule has 0 aliphatic heterocycles. The lowest BCUT2D eigenvalue weighted by atomic mass is 9.81. The van der Waals surface area contributed by atoms with Crippen LogP contribution in [0.3, 0.4) is 0 Å². The highest BCUT2D eigenvalue weighted by Crippen LogP contribution is 2.44. The summed E-state index contributed by atoms with van der Waals surface area (Å²) < 4.78 is 1.32. The Kier molecular flexibility index (Phi) is 7.12. The van der Waals surface area contributed by atoms with Gasteiger partial charge >= 0.3 is 0 Å². The first-order valence-corrected chi connectivity index (χ1v) is 12.1. The van der Waals surface area contributed by atoms with E-state index in [1.54, 1.807) is 0 Å². The molecule has 0 atom stereocenters. The number of rotatable bonds is 4. The quantitative estimate of drug-likeness (QED) is 0.421. The molecule has 4 heteroatoms. The minimum atomic E-state index is 0.0511. The third-order valence-corrected chi connectivity index (χ3v) is 7.78. The third-order valence-electron chi connectivity index (χ3n) is 5.85. The van der Waals surface area contributed by atoms with Crippen molar-refractivity contribution in [3.8, 4) is 5.75 Å². The minimum absolute atomic E-state index is 0.0511. The summed E-state index contributed by atoms with van der Waals surface area (Å²) in [5.41, 5.74) is 7.76. The van der Waals surface area contributed by atoms with Gasteiger partial charge in [0.1, 0.15) is 5.75 Å². The largest absolute Gasteiger partial charge is 0.506 e. The number of hydrogen-bond donors (Lipinski definition) is 1. The second-order valence-electron chi connectivity index (χ2n) is 8.63. The molecular formula is C27H28Br2O2. The van der Waals surface area contributed by atoms with Crippen molar-refractivity contribution in [1.29, 1.82) is 0 Å². The van der Waals surface area contributed by atoms with Crippen LogP contribution in [0.5, 0.6) is 5.75 Å². The summed E-state index contributed by atoms with van der Waals surface area (Å²) in [6.45, 7) is 12.2. The zero-order chi connectivity index (χ0) is 23.0. The van der Waals surface area contributed by atoms with Crippen LogP contribution in [0.25, 0.3) is 5.57 Å². The Hall–Kier alpha value is -1.91. The molecule has 1 aliphatic carbocycles. The van der Waals surface area contributed by atoms with Gasteiger partial charge in [0.15, 0.2) is 5.78 Å². The summed E-state index contributed by atoms with van der Waals surface area (Å²) in [5.74, 6) is 0.615. The van der Waals surface area contributed by atoms with Crippen LogP contribution in [-0.2, 0) is 4.79 Å². The van der Waals surface area contributed by atoms with Crippen LogP contribution >= 0.6 is 31.9 Å². The van der Waals surface area contributed by atoms with Gasteiger partial charge in [-0.1, -0.05) is 58.0 Å². The number of halogens is 2. The number of Topliss-reactive ketones (excluding diaryl/α,β-unsaturated/α-hetero) is 1. The number of aromatic hydroxyl groups is 1. The second kappa shape index (κ2) is 9.30. The summed E-state index contributed by atoms with van der Waals surface area (Å²) in [7, 11) is 0. The predicted molar refractivity (Wildman–Crippen MR) is 137 cm³/mol. The maximum absolute atomic E-state index is 12.9. The van der Waals surface area contributed by atoms with E-state index in [1.807, 2.05) is 52.0 Å². The molecule has 31 heavy (non-hydrogen) atoms. The standard InChI is InChI=1S/C27H28Br2O2/c1-14(2)19-12-21(16(5)24(28)26(19)30)23(18-10-8-7-9-11-18)22-13-20(15(3)4)27(31)25(29)17(22)6/h7-15,30H,1-6H3/b23-22+. The molecule has 0 bridgehead atoms. The number of carbonyl (C=O) groups excluding carboxylic acids is 1. The second-order valence-corrected chi connectivity index (χ2v) is 10.2. The first kappa shape index (κ1) is 23.7. The minimum Gasteiger partial charge on any atom is -0.506 e. The van der Waals surface area contributed by atoms with Crippen molar-refractivity contribution in [3.63, 3.8) is 0 Å². The highest BCUT2D eigenvalue weighted by molar-refractivity contribution is 9.12. The first-order chi connectivity index (χ1) is 14.6. The fourth-order valence-corrected chi connectivity index (χ4v) is 4.83. The Balaban J connectivity index is 2.50. The Bertz CT molecular complexity index is 1130. The lowest BCUT2D eigenvalue weighted by Gasteiger charge is -2.25. The van der Waals surface area contributed by atoms with Crippen LogP contribution in [0.15, 0.2) is 68.1 Å². The summed E-state index contributed by atoms with van der Waals surface area (Å²) >= 11 is 7.19. The molecule has 0 fully saturated rings. The summed E-state index contributed by atoms with van der Waals surface area (Å²) in [4.78, 5) is 12.9. The maximum atomic E-state index is 12.9. The molecule has 0 aromatic heterocycles. The van der Waals surface area contributed by atoms with Gasteiger partial charge in [-0.3, -0.25) is 4.79 Å². The predicted octanol–water partition coefficient (Wildman–Crippen LogP) is 8.22. The van der Waals surface area contributed by atoms with Crippen molar-refractivity contribution in [3.05, 3.63) is 90.4 Å². The number of benzene rings is 2. The Morgan fingerprint density at radius 2 is 1.58 bits per heavy atom. The van der Waals surface area contributed by atoms with E-state index in [0.717, 1.165) is 44.5 Å². The number of hydrogen-bond acceptors (Lipinski definition) is 2. The van der Waals surface area contributed by atoms with Gasteiger partial charge in [0.05, 0.1) is 8.96 Å². The lowest BCUT2D eigenvalue weighted by Crippen LogP contribution is -2.15. The average Bonchev–Trinajstić information content (AvgIpc) is 2.73.